The molecule has 6 nitrogen and oxygen atoms in total. The number of benzene rings is 2. The van der Waals surface area contributed by atoms with E-state index in [9.17, 15) is 19.4 Å². The SMILES string of the molecule is CC(C)(C)Cc1ccc2c(c1)[C@@H](NC[C@@H](O)[C@H](Cc1cccc(F)c1)N(C(=O)O)C(C)(C)C)CC(C)(C)N2. The number of halogens is 1. The smallest absolute Gasteiger partial charge is 0.408 e. The van der Waals surface area contributed by atoms with E-state index in [0.717, 1.165) is 24.1 Å². The number of aliphatic hydroxyl groups is 1. The van der Waals surface area contributed by atoms with Crippen LogP contribution in [0.15, 0.2) is 42.5 Å². The largest absolute Gasteiger partial charge is 0.465 e. The molecule has 0 saturated carbocycles. The summed E-state index contributed by atoms with van der Waals surface area (Å²) in [6.07, 6.45) is -0.157. The van der Waals surface area contributed by atoms with Crippen molar-refractivity contribution in [3.63, 3.8) is 0 Å². The quantitative estimate of drug-likeness (QED) is 0.320. The number of carbonyl (C=O) groups is 1. The van der Waals surface area contributed by atoms with Crippen LogP contribution >= 0.6 is 0 Å². The molecule has 7 heteroatoms. The zero-order valence-corrected chi connectivity index (χ0v) is 24.2. The van der Waals surface area contributed by atoms with E-state index < -0.39 is 23.8 Å². The molecule has 38 heavy (non-hydrogen) atoms. The molecular weight excluding hydrogens is 481 g/mol. The zero-order valence-electron chi connectivity index (χ0n) is 24.2. The second-order valence-electron chi connectivity index (χ2n) is 13.6. The fourth-order valence-electron chi connectivity index (χ4n) is 5.58. The van der Waals surface area contributed by atoms with Gasteiger partial charge >= 0.3 is 6.09 Å². The van der Waals surface area contributed by atoms with Gasteiger partial charge in [0.25, 0.3) is 0 Å². The minimum Gasteiger partial charge on any atom is -0.465 e. The van der Waals surface area contributed by atoms with Crippen LogP contribution in [-0.2, 0) is 12.8 Å². The molecule has 0 bridgehead atoms. The molecule has 0 fully saturated rings. The first-order valence-corrected chi connectivity index (χ1v) is 13.5. The minimum absolute atomic E-state index is 0.0152. The molecule has 210 valence electrons. The van der Waals surface area contributed by atoms with Gasteiger partial charge in [0.05, 0.1) is 12.1 Å². The van der Waals surface area contributed by atoms with Gasteiger partial charge < -0.3 is 20.8 Å². The van der Waals surface area contributed by atoms with Gasteiger partial charge in [-0.1, -0.05) is 45.0 Å². The maximum Gasteiger partial charge on any atom is 0.408 e. The highest BCUT2D eigenvalue weighted by atomic mass is 19.1. The van der Waals surface area contributed by atoms with E-state index in [0.29, 0.717) is 5.56 Å². The summed E-state index contributed by atoms with van der Waals surface area (Å²) in [6, 6.07) is 11.9. The van der Waals surface area contributed by atoms with Crippen molar-refractivity contribution in [3.05, 3.63) is 65.0 Å². The number of anilines is 1. The Bertz CT molecular complexity index is 1120. The van der Waals surface area contributed by atoms with Crippen molar-refractivity contribution < 1.29 is 19.4 Å². The minimum atomic E-state index is -1.11. The van der Waals surface area contributed by atoms with Crippen molar-refractivity contribution in [1.29, 1.82) is 0 Å². The van der Waals surface area contributed by atoms with E-state index in [1.807, 2.05) is 20.8 Å². The van der Waals surface area contributed by atoms with Crippen molar-refractivity contribution in [2.75, 3.05) is 11.9 Å². The Kier molecular flexibility index (Phi) is 8.84. The Hall–Kier alpha value is -2.64. The van der Waals surface area contributed by atoms with E-state index in [1.54, 1.807) is 12.1 Å². The van der Waals surface area contributed by atoms with Crippen LogP contribution in [0.5, 0.6) is 0 Å². The number of fused-ring (bicyclic) bond motifs is 1. The van der Waals surface area contributed by atoms with Crippen molar-refractivity contribution >= 4 is 11.8 Å². The average molecular weight is 528 g/mol. The summed E-state index contributed by atoms with van der Waals surface area (Å²) >= 11 is 0. The second kappa shape index (κ2) is 11.2. The van der Waals surface area contributed by atoms with E-state index >= 15 is 0 Å². The second-order valence-corrected chi connectivity index (χ2v) is 13.6. The van der Waals surface area contributed by atoms with E-state index in [1.165, 1.54) is 22.6 Å². The number of hydrogen-bond donors (Lipinski definition) is 4. The predicted octanol–water partition coefficient (Wildman–Crippen LogP) is 6.39. The number of carboxylic acid groups (broad SMARTS) is 1. The Morgan fingerprint density at radius 3 is 2.39 bits per heavy atom. The number of rotatable bonds is 8. The third-order valence-corrected chi connectivity index (χ3v) is 7.03. The molecule has 0 saturated heterocycles. The first-order chi connectivity index (χ1) is 17.4. The molecule has 2 aromatic rings. The molecule has 3 atom stereocenters. The average Bonchev–Trinajstić information content (AvgIpc) is 2.74. The molecule has 1 aliphatic rings. The molecule has 0 spiro atoms. The van der Waals surface area contributed by atoms with Crippen LogP contribution in [0.1, 0.15) is 84.5 Å². The molecule has 0 radical (unpaired) electrons. The fourth-order valence-corrected chi connectivity index (χ4v) is 5.58. The summed E-state index contributed by atoms with van der Waals surface area (Å²) in [5, 5.41) is 28.8. The van der Waals surface area contributed by atoms with Crippen molar-refractivity contribution in [2.45, 2.75) is 104 Å². The van der Waals surface area contributed by atoms with Gasteiger partial charge in [-0.15, -0.1) is 0 Å². The predicted molar refractivity (Wildman–Crippen MR) is 152 cm³/mol. The van der Waals surface area contributed by atoms with E-state index in [2.05, 4.69) is 63.5 Å². The molecule has 3 rings (SSSR count). The molecular formula is C31H46FN3O3. The summed E-state index contributed by atoms with van der Waals surface area (Å²) in [5.74, 6) is -0.383. The number of nitrogens with one attached hydrogen (secondary N) is 2. The van der Waals surface area contributed by atoms with Crippen molar-refractivity contribution in [2.24, 2.45) is 5.41 Å². The van der Waals surface area contributed by atoms with Crippen LogP contribution in [0.4, 0.5) is 14.9 Å². The fraction of sp³-hybridized carbons (Fsp3) is 0.581. The molecule has 0 aliphatic carbocycles. The highest BCUT2D eigenvalue weighted by Gasteiger charge is 2.38. The number of aliphatic hydroxyl groups excluding tert-OH is 1. The molecule has 0 aromatic heterocycles. The Morgan fingerprint density at radius 1 is 1.13 bits per heavy atom. The number of nitrogens with zero attached hydrogens (tertiary/aromatic N) is 1. The standard InChI is InChI=1S/C31H46FN3O3/c1-29(2,3)17-21-12-13-24-23(15-21)25(18-31(7,8)34-24)33-19-27(36)26(35(28(37)38)30(4,5)6)16-20-10-9-11-22(32)14-20/h9-15,25-27,33-34,36H,16-19H2,1-8H3,(H,37,38)/t25-,26-,27+/m0/s1. The lowest BCUT2D eigenvalue weighted by molar-refractivity contribution is 0.00655. The Labute approximate surface area is 227 Å². The lowest BCUT2D eigenvalue weighted by Crippen LogP contribution is -2.58. The zero-order chi connectivity index (χ0) is 28.5. The summed E-state index contributed by atoms with van der Waals surface area (Å²) < 4.78 is 13.9. The van der Waals surface area contributed by atoms with E-state index in [4.69, 9.17) is 0 Å². The lowest BCUT2D eigenvalue weighted by atomic mass is 9.82. The van der Waals surface area contributed by atoms with Crippen molar-refractivity contribution in [3.8, 4) is 0 Å². The van der Waals surface area contributed by atoms with Crippen LogP contribution in [0.3, 0.4) is 0 Å². The Balaban J connectivity index is 1.88. The summed E-state index contributed by atoms with van der Waals surface area (Å²) in [7, 11) is 0. The highest BCUT2D eigenvalue weighted by Crippen LogP contribution is 2.39. The molecule has 2 aromatic carbocycles. The molecule has 1 heterocycles. The maximum atomic E-state index is 13.9. The summed E-state index contributed by atoms with van der Waals surface area (Å²) in [5.41, 5.74) is 3.39. The third-order valence-electron chi connectivity index (χ3n) is 7.03. The summed E-state index contributed by atoms with van der Waals surface area (Å²) in [6.45, 7) is 16.6. The molecule has 1 aliphatic heterocycles. The first kappa shape index (κ1) is 29.9. The van der Waals surface area contributed by atoms with Gasteiger partial charge in [-0.2, -0.15) is 0 Å². The Morgan fingerprint density at radius 2 is 1.82 bits per heavy atom. The first-order valence-electron chi connectivity index (χ1n) is 13.5. The van der Waals surface area contributed by atoms with Crippen LogP contribution in [0.25, 0.3) is 0 Å². The van der Waals surface area contributed by atoms with Gasteiger partial charge in [0.2, 0.25) is 0 Å². The highest BCUT2D eigenvalue weighted by molar-refractivity contribution is 5.66. The summed E-state index contributed by atoms with van der Waals surface area (Å²) in [4.78, 5) is 13.7. The van der Waals surface area contributed by atoms with Gasteiger partial charge in [-0.3, -0.25) is 4.90 Å². The lowest BCUT2D eigenvalue weighted by Gasteiger charge is -2.43. The number of amides is 1. The molecule has 1 amide bonds. The normalized spacial score (nSPS) is 18.7. The molecule has 0 unspecified atom stereocenters. The topological polar surface area (TPSA) is 84.8 Å². The van der Waals surface area contributed by atoms with Gasteiger partial charge in [0, 0.05) is 29.4 Å². The van der Waals surface area contributed by atoms with Crippen LogP contribution in [-0.4, -0.2) is 51.0 Å². The van der Waals surface area contributed by atoms with Crippen LogP contribution < -0.4 is 10.6 Å². The van der Waals surface area contributed by atoms with Crippen LogP contribution in [0.2, 0.25) is 0 Å². The van der Waals surface area contributed by atoms with Gasteiger partial charge in [0.15, 0.2) is 0 Å². The monoisotopic (exact) mass is 527 g/mol. The van der Waals surface area contributed by atoms with Gasteiger partial charge in [-0.25, -0.2) is 9.18 Å². The van der Waals surface area contributed by atoms with Crippen LogP contribution in [0, 0.1) is 11.2 Å². The van der Waals surface area contributed by atoms with Gasteiger partial charge in [-0.05, 0) is 94.2 Å². The van der Waals surface area contributed by atoms with Gasteiger partial charge in [0.1, 0.15) is 5.82 Å². The maximum absolute atomic E-state index is 13.9. The molecule has 4 N–H and O–H groups in total. The van der Waals surface area contributed by atoms with E-state index in [-0.39, 0.29) is 35.8 Å². The number of hydrogen-bond acceptors (Lipinski definition) is 4. The van der Waals surface area contributed by atoms with Crippen molar-refractivity contribution in [1.82, 2.24) is 10.2 Å². The third kappa shape index (κ3) is 7.93.